The van der Waals surface area contributed by atoms with E-state index in [0.29, 0.717) is 5.92 Å². The van der Waals surface area contributed by atoms with E-state index in [9.17, 15) is 0 Å². The summed E-state index contributed by atoms with van der Waals surface area (Å²) in [6, 6.07) is 0.172. The predicted molar refractivity (Wildman–Crippen MR) is 77.9 cm³/mol. The van der Waals surface area contributed by atoms with Crippen LogP contribution in [-0.2, 0) is 17.7 Å². The van der Waals surface area contributed by atoms with Gasteiger partial charge in [-0.3, -0.25) is 11.3 Å². The fourth-order valence-electron chi connectivity index (χ4n) is 2.87. The van der Waals surface area contributed by atoms with Gasteiger partial charge in [0.15, 0.2) is 0 Å². The second-order valence-corrected chi connectivity index (χ2v) is 6.26. The van der Waals surface area contributed by atoms with Crippen molar-refractivity contribution in [3.63, 3.8) is 0 Å². The molecule has 114 valence electrons. The number of nitrogens with two attached hydrogens (primary N) is 1. The number of nitrogens with one attached hydrogen (secondary N) is 1. The van der Waals surface area contributed by atoms with Gasteiger partial charge in [0.2, 0.25) is 0 Å². The molecule has 1 aromatic heterocycles. The maximum Gasteiger partial charge on any atom is 0.138 e. The summed E-state index contributed by atoms with van der Waals surface area (Å²) in [5, 5.41) is 4.30. The quantitative estimate of drug-likeness (QED) is 0.554. The Morgan fingerprint density at radius 1 is 1.50 bits per heavy atom. The highest BCUT2D eigenvalue weighted by atomic mass is 16.5. The molecule has 2 rings (SSSR count). The van der Waals surface area contributed by atoms with Crippen molar-refractivity contribution in [2.24, 2.45) is 11.8 Å². The summed E-state index contributed by atoms with van der Waals surface area (Å²) in [7, 11) is 1.80. The monoisotopic (exact) mass is 281 g/mol. The van der Waals surface area contributed by atoms with Gasteiger partial charge in [0.1, 0.15) is 12.2 Å². The lowest BCUT2D eigenvalue weighted by molar-refractivity contribution is -0.0835. The molecule has 6 heteroatoms. The van der Waals surface area contributed by atoms with Crippen LogP contribution in [0.15, 0.2) is 6.33 Å². The van der Waals surface area contributed by atoms with E-state index in [0.717, 1.165) is 38.1 Å². The average molecular weight is 281 g/mol. The normalized spacial score (nSPS) is 19.1. The third-order valence-corrected chi connectivity index (χ3v) is 4.21. The Bertz CT molecular complexity index is 408. The lowest BCUT2D eigenvalue weighted by atomic mass is 9.75. The molecule has 0 aromatic carbocycles. The first-order valence-corrected chi connectivity index (χ1v) is 7.46. The van der Waals surface area contributed by atoms with Gasteiger partial charge in [-0.05, 0) is 31.6 Å². The van der Waals surface area contributed by atoms with Crippen molar-refractivity contribution in [2.45, 2.75) is 64.1 Å². The van der Waals surface area contributed by atoms with Gasteiger partial charge in [0, 0.05) is 26.1 Å². The molecule has 1 fully saturated rings. The lowest BCUT2D eigenvalue weighted by Gasteiger charge is -2.42. The van der Waals surface area contributed by atoms with Crippen LogP contribution in [0.3, 0.4) is 0 Å². The zero-order valence-electron chi connectivity index (χ0n) is 12.8. The number of aromatic nitrogens is 3. The molecule has 1 atom stereocenters. The number of ether oxygens (including phenoxy) is 1. The van der Waals surface area contributed by atoms with Gasteiger partial charge in [-0.2, -0.15) is 5.10 Å². The van der Waals surface area contributed by atoms with E-state index >= 15 is 0 Å². The molecule has 20 heavy (non-hydrogen) atoms. The molecule has 3 N–H and O–H groups in total. The highest BCUT2D eigenvalue weighted by Crippen LogP contribution is 2.39. The summed E-state index contributed by atoms with van der Waals surface area (Å²) in [6.45, 7) is 5.25. The second kappa shape index (κ2) is 6.65. The maximum absolute atomic E-state index is 5.72. The van der Waals surface area contributed by atoms with Gasteiger partial charge >= 0.3 is 0 Å². The molecule has 1 aliphatic carbocycles. The number of nitrogens with zero attached hydrogens (tertiary/aromatic N) is 3. The largest absolute Gasteiger partial charge is 0.378 e. The number of hydrogen-bond donors (Lipinski definition) is 2. The van der Waals surface area contributed by atoms with Gasteiger partial charge in [-0.1, -0.05) is 13.8 Å². The van der Waals surface area contributed by atoms with Crippen molar-refractivity contribution in [3.8, 4) is 0 Å². The minimum absolute atomic E-state index is 0.0138. The fourth-order valence-corrected chi connectivity index (χ4v) is 2.87. The van der Waals surface area contributed by atoms with Crippen molar-refractivity contribution in [2.75, 3.05) is 7.11 Å². The number of methoxy groups -OCH3 is 1. The zero-order chi connectivity index (χ0) is 14.6. The van der Waals surface area contributed by atoms with E-state index in [1.165, 1.54) is 6.42 Å². The van der Waals surface area contributed by atoms with Crippen molar-refractivity contribution in [3.05, 3.63) is 12.2 Å². The van der Waals surface area contributed by atoms with Gasteiger partial charge in [0.05, 0.1) is 5.60 Å². The van der Waals surface area contributed by atoms with Crippen LogP contribution in [0.2, 0.25) is 0 Å². The minimum atomic E-state index is 0.0138. The SMILES string of the molecule is COC1(CC(Cc2ncnn2CC(C)C)NN)CCC1. The van der Waals surface area contributed by atoms with Crippen LogP contribution < -0.4 is 11.3 Å². The van der Waals surface area contributed by atoms with Crippen molar-refractivity contribution in [1.29, 1.82) is 0 Å². The molecule has 1 aromatic rings. The highest BCUT2D eigenvalue weighted by molar-refractivity contribution is 4.97. The highest BCUT2D eigenvalue weighted by Gasteiger charge is 2.39. The van der Waals surface area contributed by atoms with Crippen LogP contribution >= 0.6 is 0 Å². The number of rotatable bonds is 8. The van der Waals surface area contributed by atoms with Crippen LogP contribution in [0.25, 0.3) is 0 Å². The molecular formula is C14H27N5O. The van der Waals surface area contributed by atoms with E-state index in [-0.39, 0.29) is 11.6 Å². The zero-order valence-corrected chi connectivity index (χ0v) is 12.8. The Hall–Kier alpha value is -0.980. The Morgan fingerprint density at radius 2 is 2.25 bits per heavy atom. The third kappa shape index (κ3) is 3.56. The summed E-state index contributed by atoms with van der Waals surface area (Å²) < 4.78 is 7.66. The fraction of sp³-hybridized carbons (Fsp3) is 0.857. The first-order chi connectivity index (χ1) is 9.58. The molecule has 1 unspecified atom stereocenters. The van der Waals surface area contributed by atoms with E-state index in [1.807, 2.05) is 4.68 Å². The summed E-state index contributed by atoms with van der Waals surface area (Å²) in [5.74, 6) is 7.26. The second-order valence-electron chi connectivity index (χ2n) is 6.26. The van der Waals surface area contributed by atoms with Gasteiger partial charge < -0.3 is 4.74 Å². The van der Waals surface area contributed by atoms with Crippen LogP contribution in [0, 0.1) is 5.92 Å². The Morgan fingerprint density at radius 3 is 2.75 bits per heavy atom. The average Bonchev–Trinajstić information content (AvgIpc) is 2.78. The van der Waals surface area contributed by atoms with E-state index in [2.05, 4.69) is 29.4 Å². The molecule has 1 heterocycles. The van der Waals surface area contributed by atoms with Crippen LogP contribution in [0.4, 0.5) is 0 Å². The van der Waals surface area contributed by atoms with Gasteiger partial charge in [0.25, 0.3) is 0 Å². The Kier molecular flexibility index (Phi) is 5.12. The molecule has 0 spiro atoms. The van der Waals surface area contributed by atoms with Crippen molar-refractivity contribution >= 4 is 0 Å². The first-order valence-electron chi connectivity index (χ1n) is 7.46. The molecule has 0 bridgehead atoms. The van der Waals surface area contributed by atoms with Crippen molar-refractivity contribution in [1.82, 2.24) is 20.2 Å². The Balaban J connectivity index is 1.97. The minimum Gasteiger partial charge on any atom is -0.378 e. The number of hydrazine groups is 1. The molecular weight excluding hydrogens is 254 g/mol. The third-order valence-electron chi connectivity index (χ3n) is 4.21. The molecule has 0 amide bonds. The van der Waals surface area contributed by atoms with Crippen LogP contribution in [-0.4, -0.2) is 33.5 Å². The smallest absolute Gasteiger partial charge is 0.138 e. The predicted octanol–water partition coefficient (Wildman–Crippen LogP) is 1.27. The molecule has 0 radical (unpaired) electrons. The molecule has 1 aliphatic rings. The summed E-state index contributed by atoms with van der Waals surface area (Å²) in [4.78, 5) is 4.37. The Labute approximate surface area is 121 Å². The standard InChI is InChI=1S/C14H27N5O/c1-11(2)9-19-13(16-10-17-19)7-12(18-15)8-14(20-3)5-4-6-14/h10-12,18H,4-9,15H2,1-3H3. The summed E-state index contributed by atoms with van der Waals surface area (Å²) in [6.07, 6.45) is 6.83. The molecule has 0 saturated heterocycles. The van der Waals surface area contributed by atoms with E-state index in [1.54, 1.807) is 13.4 Å². The molecule has 1 saturated carbocycles. The van der Waals surface area contributed by atoms with Crippen LogP contribution in [0.1, 0.15) is 45.4 Å². The maximum atomic E-state index is 5.72. The van der Waals surface area contributed by atoms with Crippen molar-refractivity contribution < 1.29 is 4.74 Å². The molecule has 0 aliphatic heterocycles. The topological polar surface area (TPSA) is 78.0 Å². The lowest BCUT2D eigenvalue weighted by Crippen LogP contribution is -2.48. The molecule has 6 nitrogen and oxygen atoms in total. The first kappa shape index (κ1) is 15.4. The van der Waals surface area contributed by atoms with Crippen LogP contribution in [0.5, 0.6) is 0 Å². The van der Waals surface area contributed by atoms with Gasteiger partial charge in [-0.15, -0.1) is 0 Å². The van der Waals surface area contributed by atoms with Gasteiger partial charge in [-0.25, -0.2) is 9.67 Å². The number of hydrogen-bond acceptors (Lipinski definition) is 5. The van der Waals surface area contributed by atoms with E-state index < -0.39 is 0 Å². The van der Waals surface area contributed by atoms with E-state index in [4.69, 9.17) is 10.6 Å². The summed E-state index contributed by atoms with van der Waals surface area (Å²) >= 11 is 0. The summed E-state index contributed by atoms with van der Waals surface area (Å²) in [5.41, 5.74) is 2.93.